The zero-order chi connectivity index (χ0) is 15.1. The molecule has 2 rings (SSSR count). The van der Waals surface area contributed by atoms with Gasteiger partial charge in [0.1, 0.15) is 0 Å². The Hall–Kier alpha value is -0.870. The summed E-state index contributed by atoms with van der Waals surface area (Å²) in [6.45, 7) is 5.37. The molecule has 1 atom stereocenters. The Morgan fingerprint density at radius 1 is 1.00 bits per heavy atom. The molecule has 0 aliphatic rings. The van der Waals surface area contributed by atoms with E-state index in [0.717, 1.165) is 6.54 Å². The molecule has 0 saturated heterocycles. The molecule has 1 N–H and O–H groups in total. The molecule has 0 fully saturated rings. The largest absolute Gasteiger partial charge is 0.306 e. The van der Waals surface area contributed by atoms with Crippen molar-refractivity contribution in [2.75, 3.05) is 6.54 Å². The van der Waals surface area contributed by atoms with Crippen LogP contribution < -0.4 is 5.32 Å². The molecular weight excluding hydrogens is 369 g/mol. The van der Waals surface area contributed by atoms with E-state index in [1.54, 1.807) is 0 Å². The van der Waals surface area contributed by atoms with Gasteiger partial charge in [0.05, 0.1) is 6.04 Å². The summed E-state index contributed by atoms with van der Waals surface area (Å²) < 4.78 is 1.32. The first-order chi connectivity index (χ1) is 10.3. The lowest BCUT2D eigenvalue weighted by Crippen LogP contribution is -2.22. The molecule has 0 amide bonds. The van der Waals surface area contributed by atoms with Gasteiger partial charge in [-0.25, -0.2) is 0 Å². The summed E-state index contributed by atoms with van der Waals surface area (Å²) in [5.41, 5.74) is 4.15. The van der Waals surface area contributed by atoms with Gasteiger partial charge < -0.3 is 5.32 Å². The summed E-state index contributed by atoms with van der Waals surface area (Å²) in [6.07, 6.45) is 3.71. The fourth-order valence-corrected chi connectivity index (χ4v) is 3.28. The summed E-state index contributed by atoms with van der Waals surface area (Å²) in [5.74, 6) is 0. The quantitative estimate of drug-likeness (QED) is 0.627. The number of unbranched alkanes of at least 4 members (excludes halogenated alkanes) is 1. The molecule has 2 heteroatoms. The molecular formula is C19H24IN. The normalized spacial score (nSPS) is 12.3. The Labute approximate surface area is 142 Å². The number of aryl methyl sites for hydroxylation is 1. The van der Waals surface area contributed by atoms with Gasteiger partial charge in [0.15, 0.2) is 0 Å². The highest BCUT2D eigenvalue weighted by Crippen LogP contribution is 2.26. The van der Waals surface area contributed by atoms with Crippen molar-refractivity contribution >= 4 is 22.6 Å². The van der Waals surface area contributed by atoms with E-state index in [0.29, 0.717) is 0 Å². The van der Waals surface area contributed by atoms with Gasteiger partial charge in [0.25, 0.3) is 0 Å². The molecule has 0 saturated carbocycles. The van der Waals surface area contributed by atoms with Crippen LogP contribution >= 0.6 is 22.6 Å². The first-order valence-corrected chi connectivity index (χ1v) is 8.90. The first kappa shape index (κ1) is 16.5. The third kappa shape index (κ3) is 4.55. The van der Waals surface area contributed by atoms with Crippen molar-refractivity contribution in [2.45, 2.75) is 39.2 Å². The number of rotatable bonds is 7. The number of nitrogens with one attached hydrogen (secondary N) is 1. The second kappa shape index (κ2) is 8.54. The Morgan fingerprint density at radius 3 is 2.33 bits per heavy atom. The molecule has 21 heavy (non-hydrogen) atoms. The summed E-state index contributed by atoms with van der Waals surface area (Å²) in [7, 11) is 0. The maximum Gasteiger partial charge on any atom is 0.0587 e. The molecule has 0 bridgehead atoms. The minimum absolute atomic E-state index is 0.281. The van der Waals surface area contributed by atoms with E-state index >= 15 is 0 Å². The van der Waals surface area contributed by atoms with Crippen LogP contribution in [0.2, 0.25) is 0 Å². The smallest absolute Gasteiger partial charge is 0.0587 e. The summed E-state index contributed by atoms with van der Waals surface area (Å²) >= 11 is 2.43. The van der Waals surface area contributed by atoms with Crippen LogP contribution in [0, 0.1) is 3.57 Å². The van der Waals surface area contributed by atoms with Gasteiger partial charge in [-0.15, -0.1) is 0 Å². The van der Waals surface area contributed by atoms with E-state index in [2.05, 4.69) is 90.3 Å². The average molecular weight is 393 g/mol. The van der Waals surface area contributed by atoms with E-state index in [9.17, 15) is 0 Å². The molecule has 2 aromatic carbocycles. The van der Waals surface area contributed by atoms with Crippen LogP contribution in [0.4, 0.5) is 0 Å². The minimum Gasteiger partial charge on any atom is -0.306 e. The maximum absolute atomic E-state index is 3.61. The number of hydrogen-bond acceptors (Lipinski definition) is 1. The van der Waals surface area contributed by atoms with Crippen molar-refractivity contribution in [1.82, 2.24) is 5.32 Å². The number of benzene rings is 2. The van der Waals surface area contributed by atoms with E-state index in [4.69, 9.17) is 0 Å². The van der Waals surface area contributed by atoms with Crippen LogP contribution in [-0.4, -0.2) is 6.54 Å². The number of hydrogen-bond donors (Lipinski definition) is 1. The molecule has 0 radical (unpaired) electrons. The first-order valence-electron chi connectivity index (χ1n) is 7.83. The Kier molecular flexibility index (Phi) is 6.71. The second-order valence-corrected chi connectivity index (χ2v) is 6.52. The lowest BCUT2D eigenvalue weighted by Gasteiger charge is -2.20. The Morgan fingerprint density at radius 2 is 1.71 bits per heavy atom. The van der Waals surface area contributed by atoms with E-state index < -0.39 is 0 Å². The highest BCUT2D eigenvalue weighted by atomic mass is 127. The number of halogens is 1. The molecule has 0 aliphatic carbocycles. The highest BCUT2D eigenvalue weighted by molar-refractivity contribution is 14.1. The van der Waals surface area contributed by atoms with Gasteiger partial charge in [0.2, 0.25) is 0 Å². The molecule has 2 aromatic rings. The highest BCUT2D eigenvalue weighted by Gasteiger charge is 2.15. The lowest BCUT2D eigenvalue weighted by atomic mass is 9.97. The summed E-state index contributed by atoms with van der Waals surface area (Å²) in [6, 6.07) is 18.0. The van der Waals surface area contributed by atoms with Gasteiger partial charge in [-0.3, -0.25) is 0 Å². The molecule has 0 heterocycles. The predicted molar refractivity (Wildman–Crippen MR) is 99.7 cm³/mol. The van der Waals surface area contributed by atoms with Crippen LogP contribution in [0.5, 0.6) is 0 Å². The predicted octanol–water partition coefficient (Wildman–Crippen LogP) is 5.33. The van der Waals surface area contributed by atoms with Crippen molar-refractivity contribution in [3.8, 4) is 0 Å². The SMILES string of the molecule is CCCCc1ccc(C(NCC)c2ccccc2I)cc1. The summed E-state index contributed by atoms with van der Waals surface area (Å²) in [5, 5.41) is 3.61. The second-order valence-electron chi connectivity index (χ2n) is 5.36. The van der Waals surface area contributed by atoms with Crippen LogP contribution in [0.3, 0.4) is 0 Å². The molecule has 1 unspecified atom stereocenters. The third-order valence-electron chi connectivity index (χ3n) is 3.76. The average Bonchev–Trinajstić information content (AvgIpc) is 2.52. The molecule has 112 valence electrons. The monoisotopic (exact) mass is 393 g/mol. The van der Waals surface area contributed by atoms with Crippen LogP contribution in [0.1, 0.15) is 49.4 Å². The third-order valence-corrected chi connectivity index (χ3v) is 4.74. The van der Waals surface area contributed by atoms with Gasteiger partial charge in [-0.05, 0) is 64.7 Å². The topological polar surface area (TPSA) is 12.0 Å². The van der Waals surface area contributed by atoms with Crippen LogP contribution in [0.25, 0.3) is 0 Å². The van der Waals surface area contributed by atoms with Crippen molar-refractivity contribution in [2.24, 2.45) is 0 Å². The van der Waals surface area contributed by atoms with Gasteiger partial charge in [0, 0.05) is 3.57 Å². The minimum atomic E-state index is 0.281. The lowest BCUT2D eigenvalue weighted by molar-refractivity contribution is 0.628. The molecule has 1 nitrogen and oxygen atoms in total. The van der Waals surface area contributed by atoms with Crippen molar-refractivity contribution in [3.05, 3.63) is 68.8 Å². The summed E-state index contributed by atoms with van der Waals surface area (Å²) in [4.78, 5) is 0. The standard InChI is InChI=1S/C19H24IN/c1-3-5-8-15-11-13-16(14-12-15)19(21-4-2)17-9-6-7-10-18(17)20/h6-7,9-14,19,21H,3-5,8H2,1-2H3. The van der Waals surface area contributed by atoms with Crippen molar-refractivity contribution in [1.29, 1.82) is 0 Å². The zero-order valence-corrected chi connectivity index (χ0v) is 15.1. The Balaban J connectivity index is 2.24. The fourth-order valence-electron chi connectivity index (χ4n) is 2.58. The van der Waals surface area contributed by atoms with E-state index in [1.165, 1.54) is 39.5 Å². The zero-order valence-electron chi connectivity index (χ0n) is 12.9. The fraction of sp³-hybridized carbons (Fsp3) is 0.368. The molecule has 0 spiro atoms. The van der Waals surface area contributed by atoms with E-state index in [1.807, 2.05) is 0 Å². The van der Waals surface area contributed by atoms with Crippen LogP contribution in [0.15, 0.2) is 48.5 Å². The van der Waals surface area contributed by atoms with Crippen molar-refractivity contribution in [3.63, 3.8) is 0 Å². The van der Waals surface area contributed by atoms with Gasteiger partial charge >= 0.3 is 0 Å². The van der Waals surface area contributed by atoms with E-state index in [-0.39, 0.29) is 6.04 Å². The maximum atomic E-state index is 3.61. The van der Waals surface area contributed by atoms with Gasteiger partial charge in [-0.2, -0.15) is 0 Å². The molecule has 0 aromatic heterocycles. The van der Waals surface area contributed by atoms with Crippen LogP contribution in [-0.2, 0) is 6.42 Å². The Bertz CT molecular complexity index is 548. The van der Waals surface area contributed by atoms with Gasteiger partial charge in [-0.1, -0.05) is 62.7 Å². The molecule has 0 aliphatic heterocycles. The van der Waals surface area contributed by atoms with Crippen molar-refractivity contribution < 1.29 is 0 Å².